The van der Waals surface area contributed by atoms with Crippen molar-refractivity contribution in [3.63, 3.8) is 0 Å². The Hall–Kier alpha value is -1.75. The summed E-state index contributed by atoms with van der Waals surface area (Å²) >= 11 is 0. The van der Waals surface area contributed by atoms with Crippen LogP contribution in [0.15, 0.2) is 30.3 Å². The first-order valence-electron chi connectivity index (χ1n) is 4.39. The van der Waals surface area contributed by atoms with E-state index in [4.69, 9.17) is 11.2 Å². The van der Waals surface area contributed by atoms with Gasteiger partial charge in [-0.25, -0.2) is 0 Å². The molecule has 2 nitrogen and oxygen atoms in total. The molecule has 0 bridgehead atoms. The van der Waals surface area contributed by atoms with Crippen LogP contribution in [-0.4, -0.2) is 12.1 Å². The summed E-state index contributed by atoms with van der Waals surface area (Å²) in [5.74, 6) is 2.10. The third-order valence-corrected chi connectivity index (χ3v) is 1.76. The predicted octanol–water partition coefficient (Wildman–Crippen LogP) is 1.79. The lowest BCUT2D eigenvalue weighted by Gasteiger charge is -2.10. The Morgan fingerprint density at radius 2 is 2.14 bits per heavy atom. The molecule has 0 saturated carbocycles. The highest BCUT2D eigenvalue weighted by Crippen LogP contribution is 2.05. The Labute approximate surface area is 83.9 Å². The molecule has 1 atom stereocenters. The van der Waals surface area contributed by atoms with Crippen LogP contribution >= 0.6 is 0 Å². The molecule has 0 amide bonds. The van der Waals surface area contributed by atoms with Crippen molar-refractivity contribution in [3.05, 3.63) is 35.9 Å². The van der Waals surface area contributed by atoms with Gasteiger partial charge in [0.1, 0.15) is 0 Å². The van der Waals surface area contributed by atoms with Gasteiger partial charge in [0, 0.05) is 13.3 Å². The van der Waals surface area contributed by atoms with Crippen LogP contribution < -0.4 is 0 Å². The molecule has 0 aliphatic rings. The fourth-order valence-electron chi connectivity index (χ4n) is 1.16. The highest BCUT2D eigenvalue weighted by molar-refractivity contribution is 5.66. The molecule has 14 heavy (non-hydrogen) atoms. The van der Waals surface area contributed by atoms with Crippen molar-refractivity contribution in [2.75, 3.05) is 0 Å². The van der Waals surface area contributed by atoms with Gasteiger partial charge in [0.25, 0.3) is 0 Å². The summed E-state index contributed by atoms with van der Waals surface area (Å²) in [6, 6.07) is 9.69. The van der Waals surface area contributed by atoms with Crippen LogP contribution in [-0.2, 0) is 16.0 Å². The van der Waals surface area contributed by atoms with Crippen molar-refractivity contribution in [3.8, 4) is 12.3 Å². The van der Waals surface area contributed by atoms with Crippen LogP contribution in [0.5, 0.6) is 0 Å². The third-order valence-electron chi connectivity index (χ3n) is 1.76. The van der Waals surface area contributed by atoms with Crippen molar-refractivity contribution in [2.24, 2.45) is 0 Å². The van der Waals surface area contributed by atoms with Crippen molar-refractivity contribution in [1.29, 1.82) is 0 Å². The maximum atomic E-state index is 10.7. The Kier molecular flexibility index (Phi) is 3.75. The second-order valence-corrected chi connectivity index (χ2v) is 2.95. The second-order valence-electron chi connectivity index (χ2n) is 2.95. The van der Waals surface area contributed by atoms with Crippen molar-refractivity contribution in [1.82, 2.24) is 0 Å². The van der Waals surface area contributed by atoms with Crippen LogP contribution in [0.25, 0.3) is 0 Å². The zero-order valence-corrected chi connectivity index (χ0v) is 8.07. The fraction of sp³-hybridized carbons (Fsp3) is 0.250. The number of carbonyl (C=O) groups is 1. The summed E-state index contributed by atoms with van der Waals surface area (Å²) in [6.45, 7) is 1.36. The van der Waals surface area contributed by atoms with Gasteiger partial charge in [0.15, 0.2) is 6.10 Å². The van der Waals surface area contributed by atoms with E-state index in [2.05, 4.69) is 5.92 Å². The molecular weight excluding hydrogens is 176 g/mol. The molecule has 0 aromatic heterocycles. The van der Waals surface area contributed by atoms with Gasteiger partial charge in [-0.3, -0.25) is 4.79 Å². The highest BCUT2D eigenvalue weighted by atomic mass is 16.5. The number of esters is 1. The van der Waals surface area contributed by atoms with Crippen molar-refractivity contribution >= 4 is 5.97 Å². The van der Waals surface area contributed by atoms with Crippen LogP contribution in [0.2, 0.25) is 0 Å². The molecule has 1 rings (SSSR count). The average Bonchev–Trinajstić information content (AvgIpc) is 2.17. The standard InChI is InChI=1S/C12H12O2/c1-3-12(14-10(2)13)9-11-7-5-4-6-8-11/h1,4-8,12H,9H2,2H3/t12-/m0/s1. The topological polar surface area (TPSA) is 26.3 Å². The molecule has 0 saturated heterocycles. The van der Waals surface area contributed by atoms with Gasteiger partial charge in [0.05, 0.1) is 0 Å². The quantitative estimate of drug-likeness (QED) is 0.534. The lowest BCUT2D eigenvalue weighted by Crippen LogP contribution is -2.16. The van der Waals surface area contributed by atoms with E-state index in [1.54, 1.807) is 0 Å². The number of hydrogen-bond donors (Lipinski definition) is 0. The largest absolute Gasteiger partial charge is 0.449 e. The molecule has 0 fully saturated rings. The van der Waals surface area contributed by atoms with E-state index in [0.29, 0.717) is 6.42 Å². The minimum absolute atomic E-state index is 0.344. The number of ether oxygens (including phenoxy) is 1. The second kappa shape index (κ2) is 5.08. The molecule has 0 unspecified atom stereocenters. The van der Waals surface area contributed by atoms with Crippen LogP contribution in [0.3, 0.4) is 0 Å². The van der Waals surface area contributed by atoms with Crippen molar-refractivity contribution < 1.29 is 9.53 Å². The van der Waals surface area contributed by atoms with E-state index in [-0.39, 0.29) is 5.97 Å². The van der Waals surface area contributed by atoms with Gasteiger partial charge < -0.3 is 4.74 Å². The van der Waals surface area contributed by atoms with Gasteiger partial charge in [-0.05, 0) is 5.56 Å². The summed E-state index contributed by atoms with van der Waals surface area (Å²) in [4.78, 5) is 10.7. The van der Waals surface area contributed by atoms with Gasteiger partial charge in [-0.2, -0.15) is 0 Å². The maximum absolute atomic E-state index is 10.7. The number of carbonyl (C=O) groups excluding carboxylic acids is 1. The SMILES string of the molecule is C#C[C@@H](Cc1ccccc1)OC(C)=O. The van der Waals surface area contributed by atoms with E-state index in [9.17, 15) is 4.79 Å². The van der Waals surface area contributed by atoms with Crippen LogP contribution in [0, 0.1) is 12.3 Å². The first-order valence-corrected chi connectivity index (χ1v) is 4.39. The zero-order valence-electron chi connectivity index (χ0n) is 8.07. The minimum Gasteiger partial charge on any atom is -0.449 e. The summed E-state index contributed by atoms with van der Waals surface area (Å²) in [5.41, 5.74) is 1.07. The van der Waals surface area contributed by atoms with E-state index < -0.39 is 6.10 Å². The number of benzene rings is 1. The lowest BCUT2D eigenvalue weighted by molar-refractivity contribution is -0.143. The molecule has 2 heteroatoms. The number of hydrogen-bond acceptors (Lipinski definition) is 2. The molecule has 1 aromatic carbocycles. The van der Waals surface area contributed by atoms with E-state index in [1.165, 1.54) is 6.92 Å². The first-order chi connectivity index (χ1) is 6.72. The van der Waals surface area contributed by atoms with E-state index >= 15 is 0 Å². The Bertz CT molecular complexity index is 335. The lowest BCUT2D eigenvalue weighted by atomic mass is 10.1. The first kappa shape index (κ1) is 10.3. The summed E-state index contributed by atoms with van der Waals surface area (Å²) in [5, 5.41) is 0. The predicted molar refractivity (Wildman–Crippen MR) is 54.5 cm³/mol. The van der Waals surface area contributed by atoms with Crippen molar-refractivity contribution in [2.45, 2.75) is 19.4 Å². The smallest absolute Gasteiger partial charge is 0.303 e. The molecule has 0 N–H and O–H groups in total. The van der Waals surface area contributed by atoms with Gasteiger partial charge in [-0.15, -0.1) is 6.42 Å². The normalized spacial score (nSPS) is 11.4. The zero-order chi connectivity index (χ0) is 10.4. The molecule has 0 aliphatic carbocycles. The van der Waals surface area contributed by atoms with Crippen LogP contribution in [0.1, 0.15) is 12.5 Å². The molecule has 0 heterocycles. The fourth-order valence-corrected chi connectivity index (χ4v) is 1.16. The molecule has 0 radical (unpaired) electrons. The number of terminal acetylenes is 1. The number of rotatable bonds is 3. The molecule has 1 aromatic rings. The third kappa shape index (κ3) is 3.32. The Morgan fingerprint density at radius 1 is 1.50 bits per heavy atom. The monoisotopic (exact) mass is 188 g/mol. The Morgan fingerprint density at radius 3 is 2.64 bits per heavy atom. The molecular formula is C12H12O2. The molecule has 0 spiro atoms. The van der Waals surface area contributed by atoms with E-state index in [1.807, 2.05) is 30.3 Å². The Balaban J connectivity index is 2.58. The molecule has 0 aliphatic heterocycles. The molecule has 72 valence electrons. The summed E-state index contributed by atoms with van der Waals surface area (Å²) < 4.78 is 4.93. The minimum atomic E-state index is -0.463. The maximum Gasteiger partial charge on any atom is 0.303 e. The highest BCUT2D eigenvalue weighted by Gasteiger charge is 2.08. The average molecular weight is 188 g/mol. The van der Waals surface area contributed by atoms with Crippen LogP contribution in [0.4, 0.5) is 0 Å². The van der Waals surface area contributed by atoms with Gasteiger partial charge in [0.2, 0.25) is 0 Å². The summed E-state index contributed by atoms with van der Waals surface area (Å²) in [6.07, 6.45) is 5.35. The van der Waals surface area contributed by atoms with Gasteiger partial charge >= 0.3 is 5.97 Å². The van der Waals surface area contributed by atoms with E-state index in [0.717, 1.165) is 5.56 Å². The van der Waals surface area contributed by atoms with Gasteiger partial charge in [-0.1, -0.05) is 36.3 Å². The summed E-state index contributed by atoms with van der Waals surface area (Å²) in [7, 11) is 0.